The van der Waals surface area contributed by atoms with Gasteiger partial charge in [-0.25, -0.2) is 26.6 Å². The van der Waals surface area contributed by atoms with Gasteiger partial charge in [-0.2, -0.15) is 0 Å². The average Bonchev–Trinajstić information content (AvgIpc) is 2.06. The molecule has 0 N–H and O–H groups in total. The number of alkyl halides is 2. The monoisotopic (exact) mass is 323 g/mol. The summed E-state index contributed by atoms with van der Waals surface area (Å²) in [5.74, 6) is -1.09. The highest BCUT2D eigenvalue weighted by atomic mass is 79.9. The molecule has 0 atom stereocenters. The zero-order valence-corrected chi connectivity index (χ0v) is 9.87. The normalized spacial score (nSPS) is 12.1. The van der Waals surface area contributed by atoms with E-state index in [1.54, 1.807) is 0 Å². The number of nitrogens with zero attached hydrogens (tertiary/aromatic N) is 1. The molecule has 0 unspecified atom stereocenters. The van der Waals surface area contributed by atoms with E-state index in [1.807, 2.05) is 0 Å². The number of pyridine rings is 1. The first-order valence-electron chi connectivity index (χ1n) is 3.32. The van der Waals surface area contributed by atoms with E-state index in [2.05, 4.69) is 20.9 Å². The maximum Gasteiger partial charge on any atom is 0.279 e. The number of aromatic nitrogens is 1. The first kappa shape index (κ1) is 12.7. The highest BCUT2D eigenvalue weighted by molar-refractivity contribution is 9.10. The van der Waals surface area contributed by atoms with Gasteiger partial charge in [-0.1, -0.05) is 0 Å². The number of hydrogen-bond donors (Lipinski definition) is 0. The number of hydrogen-bond acceptors (Lipinski definition) is 3. The molecule has 0 aliphatic heterocycles. The van der Waals surface area contributed by atoms with Gasteiger partial charge in [-0.3, -0.25) is 0 Å². The summed E-state index contributed by atoms with van der Waals surface area (Å²) in [4.78, 5) is 3.11. The molecule has 0 amide bonds. The van der Waals surface area contributed by atoms with Crippen LogP contribution in [-0.2, 0) is 9.05 Å². The first-order chi connectivity index (χ1) is 6.73. The zero-order chi connectivity index (χ0) is 11.8. The van der Waals surface area contributed by atoms with Crippen LogP contribution in [0, 0.1) is 5.82 Å². The molecule has 0 bridgehead atoms. The molecule has 0 aliphatic carbocycles. The van der Waals surface area contributed by atoms with E-state index in [0.29, 0.717) is 6.07 Å². The van der Waals surface area contributed by atoms with Crippen molar-refractivity contribution < 1.29 is 21.6 Å². The molecule has 0 spiro atoms. The maximum atomic E-state index is 12.8. The van der Waals surface area contributed by atoms with E-state index >= 15 is 0 Å². The van der Waals surface area contributed by atoms with Gasteiger partial charge in [0.05, 0.1) is 5.56 Å². The average molecular weight is 325 g/mol. The predicted octanol–water partition coefficient (Wildman–Crippen LogP) is 2.85. The lowest BCUT2D eigenvalue weighted by atomic mass is 10.3. The van der Waals surface area contributed by atoms with Gasteiger partial charge in [0.15, 0.2) is 10.8 Å². The summed E-state index contributed by atoms with van der Waals surface area (Å²) < 4.78 is 58.7. The van der Waals surface area contributed by atoms with E-state index in [-0.39, 0.29) is 0 Å². The summed E-state index contributed by atoms with van der Waals surface area (Å²) >= 11 is 2.57. The third-order valence-electron chi connectivity index (χ3n) is 1.39. The Kier molecular flexibility index (Phi) is 3.62. The molecule has 0 fully saturated rings. The molecule has 1 aromatic rings. The van der Waals surface area contributed by atoms with Crippen molar-refractivity contribution in [2.75, 3.05) is 0 Å². The van der Waals surface area contributed by atoms with E-state index in [1.165, 1.54) is 0 Å². The van der Waals surface area contributed by atoms with Crippen LogP contribution < -0.4 is 0 Å². The maximum absolute atomic E-state index is 12.8. The topological polar surface area (TPSA) is 47.0 Å². The molecule has 1 heterocycles. The van der Waals surface area contributed by atoms with Crippen molar-refractivity contribution in [3.63, 3.8) is 0 Å². The Morgan fingerprint density at radius 1 is 1.47 bits per heavy atom. The molecule has 0 aromatic carbocycles. The molecule has 84 valence electrons. The lowest BCUT2D eigenvalue weighted by molar-refractivity contribution is 0.146. The first-order valence-corrected chi connectivity index (χ1v) is 6.42. The van der Waals surface area contributed by atoms with Crippen LogP contribution in [0.4, 0.5) is 13.2 Å². The fraction of sp³-hybridized carbons (Fsp3) is 0.167. The van der Waals surface area contributed by atoms with Gasteiger partial charge in [0, 0.05) is 10.7 Å². The van der Waals surface area contributed by atoms with Crippen LogP contribution in [-0.4, -0.2) is 13.4 Å². The van der Waals surface area contributed by atoms with E-state index in [4.69, 9.17) is 10.7 Å². The van der Waals surface area contributed by atoms with Crippen molar-refractivity contribution in [2.24, 2.45) is 0 Å². The van der Waals surface area contributed by atoms with E-state index < -0.39 is 36.5 Å². The molecule has 0 saturated carbocycles. The minimum Gasteiger partial charge on any atom is -0.224 e. The third-order valence-corrected chi connectivity index (χ3v) is 3.18. The van der Waals surface area contributed by atoms with Crippen molar-refractivity contribution in [3.05, 3.63) is 22.1 Å². The molecule has 1 aromatic heterocycles. The van der Waals surface area contributed by atoms with Gasteiger partial charge in [0.1, 0.15) is 4.60 Å². The summed E-state index contributed by atoms with van der Waals surface area (Å²) in [5.41, 5.74) is -1.06. The molecule has 0 aliphatic rings. The summed E-state index contributed by atoms with van der Waals surface area (Å²) in [5, 5.41) is -1.05. The summed E-state index contributed by atoms with van der Waals surface area (Å²) in [6, 6.07) is 0.372. The van der Waals surface area contributed by atoms with Crippen molar-refractivity contribution in [2.45, 2.75) is 11.5 Å². The summed E-state index contributed by atoms with van der Waals surface area (Å²) in [6.07, 6.45) is -3.18. The van der Waals surface area contributed by atoms with Crippen LogP contribution in [0.25, 0.3) is 0 Å². The Hall–Kier alpha value is -0.340. The number of halogens is 5. The lowest BCUT2D eigenvalue weighted by Gasteiger charge is -2.05. The number of rotatable bonds is 2. The molecule has 0 saturated heterocycles. The minimum atomic E-state index is -4.43. The Morgan fingerprint density at radius 3 is 2.40 bits per heavy atom. The molecular weight excluding hydrogens is 322 g/mol. The quantitative estimate of drug-likeness (QED) is 0.621. The van der Waals surface area contributed by atoms with Crippen LogP contribution >= 0.6 is 26.6 Å². The van der Waals surface area contributed by atoms with E-state index in [9.17, 15) is 21.6 Å². The second-order valence-corrected chi connectivity index (χ2v) is 5.63. The zero-order valence-electron chi connectivity index (χ0n) is 6.72. The van der Waals surface area contributed by atoms with E-state index in [0.717, 1.165) is 0 Å². The standard InChI is InChI=1S/C6H2BrClF3NO2S/c7-4-3(9)1-2(5(10)11)6(12-4)15(8,13)14/h1,5H. The van der Waals surface area contributed by atoms with Crippen LogP contribution in [0.2, 0.25) is 0 Å². The molecule has 0 radical (unpaired) electrons. The van der Waals surface area contributed by atoms with Crippen LogP contribution in [0.3, 0.4) is 0 Å². The largest absolute Gasteiger partial charge is 0.279 e. The van der Waals surface area contributed by atoms with Gasteiger partial charge < -0.3 is 0 Å². The SMILES string of the molecule is O=S(=O)(Cl)c1nc(Br)c(F)cc1C(F)F. The predicted molar refractivity (Wildman–Crippen MR) is 49.9 cm³/mol. The van der Waals surface area contributed by atoms with Crippen molar-refractivity contribution in [1.29, 1.82) is 0 Å². The van der Waals surface area contributed by atoms with Crippen LogP contribution in [0.5, 0.6) is 0 Å². The second kappa shape index (κ2) is 4.26. The van der Waals surface area contributed by atoms with Gasteiger partial charge in [-0.15, -0.1) is 0 Å². The highest BCUT2D eigenvalue weighted by Crippen LogP contribution is 2.30. The molecule has 3 nitrogen and oxygen atoms in total. The van der Waals surface area contributed by atoms with Gasteiger partial charge in [-0.05, 0) is 22.0 Å². The minimum absolute atomic E-state index is 0.372. The van der Waals surface area contributed by atoms with Gasteiger partial charge in [0.25, 0.3) is 15.5 Å². The fourth-order valence-electron chi connectivity index (χ4n) is 0.817. The lowest BCUT2D eigenvalue weighted by Crippen LogP contribution is -2.04. The third kappa shape index (κ3) is 2.82. The van der Waals surface area contributed by atoms with Crippen LogP contribution in [0.15, 0.2) is 15.7 Å². The van der Waals surface area contributed by atoms with Crippen molar-refractivity contribution in [1.82, 2.24) is 4.98 Å². The summed E-state index contributed by atoms with van der Waals surface area (Å²) in [7, 11) is 0.432. The van der Waals surface area contributed by atoms with Crippen LogP contribution in [0.1, 0.15) is 12.0 Å². The molecule has 15 heavy (non-hydrogen) atoms. The second-order valence-electron chi connectivity index (χ2n) is 2.39. The van der Waals surface area contributed by atoms with Gasteiger partial charge >= 0.3 is 0 Å². The summed E-state index contributed by atoms with van der Waals surface area (Å²) in [6.45, 7) is 0. The Labute approximate surface area is 95.8 Å². The molecule has 9 heteroatoms. The molecule has 1 rings (SSSR count). The highest BCUT2D eigenvalue weighted by Gasteiger charge is 2.25. The Bertz CT molecular complexity index is 493. The Morgan fingerprint density at radius 2 is 2.00 bits per heavy atom. The Balaban J connectivity index is 3.56. The van der Waals surface area contributed by atoms with Crippen molar-refractivity contribution >= 4 is 35.7 Å². The molecular formula is C6H2BrClF3NO2S. The fourth-order valence-corrected chi connectivity index (χ4v) is 2.23. The smallest absolute Gasteiger partial charge is 0.224 e. The van der Waals surface area contributed by atoms with Crippen molar-refractivity contribution in [3.8, 4) is 0 Å². The van der Waals surface area contributed by atoms with Gasteiger partial charge in [0.2, 0.25) is 0 Å².